The highest BCUT2D eigenvalue weighted by atomic mass is 35.5. The molecule has 3 N–H and O–H groups in total. The van der Waals surface area contributed by atoms with Gasteiger partial charge in [0.25, 0.3) is 0 Å². The molecule has 0 aliphatic heterocycles. The summed E-state index contributed by atoms with van der Waals surface area (Å²) in [6, 6.07) is 5.00. The van der Waals surface area contributed by atoms with Crippen LogP contribution >= 0.6 is 11.6 Å². The minimum absolute atomic E-state index is 0.156. The highest BCUT2D eigenvalue weighted by Crippen LogP contribution is 2.14. The molecule has 1 aromatic heterocycles. The van der Waals surface area contributed by atoms with Crippen molar-refractivity contribution in [2.24, 2.45) is 5.84 Å². The molecule has 0 radical (unpaired) electrons. The number of halogens is 1. The Hall–Kier alpha value is -1.31. The van der Waals surface area contributed by atoms with E-state index in [9.17, 15) is 0 Å². The van der Waals surface area contributed by atoms with Crippen molar-refractivity contribution in [3.8, 4) is 6.07 Å². The van der Waals surface area contributed by atoms with Gasteiger partial charge in [0.1, 0.15) is 17.0 Å². The summed E-state index contributed by atoms with van der Waals surface area (Å²) in [4.78, 5) is 3.77. The number of nitriles is 1. The lowest BCUT2D eigenvalue weighted by molar-refractivity contribution is 1.22. The predicted octanol–water partition coefficient (Wildman–Crippen LogP) is 0.892. The summed E-state index contributed by atoms with van der Waals surface area (Å²) in [6.45, 7) is 0. The maximum Gasteiger partial charge on any atom is 0.149 e. The van der Waals surface area contributed by atoms with E-state index in [4.69, 9.17) is 22.7 Å². The van der Waals surface area contributed by atoms with E-state index in [1.807, 2.05) is 6.07 Å². The summed E-state index contributed by atoms with van der Waals surface area (Å²) in [5.74, 6) is 5.50. The van der Waals surface area contributed by atoms with Crippen LogP contribution in [0.1, 0.15) is 5.56 Å². The maximum atomic E-state index is 8.46. The first-order chi connectivity index (χ1) is 5.27. The third-order valence-electron chi connectivity index (χ3n) is 1.12. The van der Waals surface area contributed by atoms with Crippen LogP contribution in [-0.4, -0.2) is 4.98 Å². The van der Waals surface area contributed by atoms with Crippen LogP contribution in [0.3, 0.4) is 0 Å². The molecule has 4 nitrogen and oxygen atoms in total. The van der Waals surface area contributed by atoms with Gasteiger partial charge in [-0.1, -0.05) is 11.6 Å². The van der Waals surface area contributed by atoms with Crippen LogP contribution in [0.25, 0.3) is 0 Å². The van der Waals surface area contributed by atoms with E-state index in [1.165, 1.54) is 0 Å². The molecule has 0 amide bonds. The number of nitrogens with zero attached hydrogens (tertiary/aromatic N) is 2. The number of hydrogen-bond acceptors (Lipinski definition) is 4. The van der Waals surface area contributed by atoms with E-state index in [0.29, 0.717) is 11.4 Å². The van der Waals surface area contributed by atoms with Gasteiger partial charge in [0, 0.05) is 0 Å². The number of rotatable bonds is 1. The lowest BCUT2D eigenvalue weighted by Crippen LogP contribution is -2.08. The second-order valence-electron chi connectivity index (χ2n) is 1.79. The van der Waals surface area contributed by atoms with Crippen LogP contribution < -0.4 is 11.3 Å². The first-order valence-corrected chi connectivity index (χ1v) is 3.19. The molecule has 1 heterocycles. The van der Waals surface area contributed by atoms with Gasteiger partial charge in [0.15, 0.2) is 0 Å². The SMILES string of the molecule is N#Cc1ccc(NN)nc1Cl. The Morgan fingerprint density at radius 3 is 2.82 bits per heavy atom. The molecule has 1 rings (SSSR count). The molecule has 0 aromatic carbocycles. The third kappa shape index (κ3) is 1.58. The van der Waals surface area contributed by atoms with Crippen molar-refractivity contribution in [3.05, 3.63) is 22.8 Å². The lowest BCUT2D eigenvalue weighted by Gasteiger charge is -1.98. The molecule has 0 bridgehead atoms. The molecule has 56 valence electrons. The van der Waals surface area contributed by atoms with E-state index >= 15 is 0 Å². The van der Waals surface area contributed by atoms with Crippen LogP contribution in [0.2, 0.25) is 5.15 Å². The summed E-state index contributed by atoms with van der Waals surface area (Å²) in [7, 11) is 0. The van der Waals surface area contributed by atoms with Crippen LogP contribution in [0.15, 0.2) is 12.1 Å². The Morgan fingerprint density at radius 2 is 2.36 bits per heavy atom. The molecule has 0 saturated carbocycles. The van der Waals surface area contributed by atoms with Gasteiger partial charge in [0.2, 0.25) is 0 Å². The van der Waals surface area contributed by atoms with Crippen LogP contribution in [0.5, 0.6) is 0 Å². The van der Waals surface area contributed by atoms with E-state index in [0.717, 1.165) is 0 Å². The number of hydrazine groups is 1. The Bertz CT molecular complexity index is 304. The smallest absolute Gasteiger partial charge is 0.149 e. The quantitative estimate of drug-likeness (QED) is 0.371. The Morgan fingerprint density at radius 1 is 1.64 bits per heavy atom. The van der Waals surface area contributed by atoms with Crippen molar-refractivity contribution < 1.29 is 0 Å². The van der Waals surface area contributed by atoms with Crippen LogP contribution in [0.4, 0.5) is 5.82 Å². The molecule has 11 heavy (non-hydrogen) atoms. The zero-order chi connectivity index (χ0) is 8.27. The average Bonchev–Trinajstić information content (AvgIpc) is 2.04. The number of nitrogens with one attached hydrogen (secondary N) is 1. The highest BCUT2D eigenvalue weighted by molar-refractivity contribution is 6.30. The molecular weight excluding hydrogens is 164 g/mol. The maximum absolute atomic E-state index is 8.46. The van der Waals surface area contributed by atoms with E-state index < -0.39 is 0 Å². The van der Waals surface area contributed by atoms with Gasteiger partial charge in [-0.2, -0.15) is 5.26 Å². The number of aromatic nitrogens is 1. The Balaban J connectivity index is 3.12. The molecule has 0 unspecified atom stereocenters. The second-order valence-corrected chi connectivity index (χ2v) is 2.15. The first kappa shape index (κ1) is 7.79. The summed E-state index contributed by atoms with van der Waals surface area (Å²) >= 11 is 5.58. The van der Waals surface area contributed by atoms with Gasteiger partial charge in [0.05, 0.1) is 5.56 Å². The molecule has 0 aliphatic rings. The summed E-state index contributed by atoms with van der Waals surface area (Å²) in [5, 5.41) is 8.61. The molecular formula is C6H5ClN4. The second kappa shape index (κ2) is 3.19. The minimum atomic E-state index is 0.156. The zero-order valence-electron chi connectivity index (χ0n) is 5.50. The van der Waals surface area contributed by atoms with Crippen LogP contribution in [-0.2, 0) is 0 Å². The van der Waals surface area contributed by atoms with E-state index in [-0.39, 0.29) is 5.15 Å². The molecule has 0 atom stereocenters. The topological polar surface area (TPSA) is 74.7 Å². The van der Waals surface area contributed by atoms with Crippen molar-refractivity contribution in [1.29, 1.82) is 5.26 Å². The normalized spacial score (nSPS) is 8.82. The molecule has 1 aromatic rings. The standard InChI is InChI=1S/C6H5ClN4/c7-6-4(3-8)1-2-5(10-6)11-9/h1-2H,9H2,(H,10,11). The number of nitrogen functional groups attached to an aromatic ring is 1. The monoisotopic (exact) mass is 168 g/mol. The van der Waals surface area contributed by atoms with Crippen molar-refractivity contribution in [3.63, 3.8) is 0 Å². The molecule has 0 aliphatic carbocycles. The fourth-order valence-electron chi connectivity index (χ4n) is 0.598. The van der Waals surface area contributed by atoms with Gasteiger partial charge in [-0.15, -0.1) is 0 Å². The average molecular weight is 169 g/mol. The van der Waals surface area contributed by atoms with Gasteiger partial charge in [-0.25, -0.2) is 10.8 Å². The summed E-state index contributed by atoms with van der Waals surface area (Å²) in [6.07, 6.45) is 0. The number of anilines is 1. The predicted molar refractivity (Wildman–Crippen MR) is 41.8 cm³/mol. The number of nitrogens with two attached hydrogens (primary N) is 1. The lowest BCUT2D eigenvalue weighted by atomic mass is 10.3. The Labute approximate surface area is 68.6 Å². The molecule has 0 spiro atoms. The Kier molecular flexibility index (Phi) is 2.26. The fourth-order valence-corrected chi connectivity index (χ4v) is 0.794. The van der Waals surface area contributed by atoms with E-state index in [2.05, 4.69) is 10.4 Å². The van der Waals surface area contributed by atoms with Gasteiger partial charge >= 0.3 is 0 Å². The summed E-state index contributed by atoms with van der Waals surface area (Å²) in [5.41, 5.74) is 2.65. The number of pyridine rings is 1. The molecule has 0 saturated heterocycles. The van der Waals surface area contributed by atoms with Crippen molar-refractivity contribution in [1.82, 2.24) is 4.98 Å². The van der Waals surface area contributed by atoms with Gasteiger partial charge < -0.3 is 5.43 Å². The van der Waals surface area contributed by atoms with Crippen molar-refractivity contribution in [2.45, 2.75) is 0 Å². The van der Waals surface area contributed by atoms with E-state index in [1.54, 1.807) is 12.1 Å². The third-order valence-corrected chi connectivity index (χ3v) is 1.41. The number of hydrogen-bond donors (Lipinski definition) is 2. The first-order valence-electron chi connectivity index (χ1n) is 2.81. The largest absolute Gasteiger partial charge is 0.308 e. The van der Waals surface area contributed by atoms with Crippen LogP contribution in [0, 0.1) is 11.3 Å². The minimum Gasteiger partial charge on any atom is -0.308 e. The van der Waals surface area contributed by atoms with Gasteiger partial charge in [-0.3, -0.25) is 0 Å². The van der Waals surface area contributed by atoms with Crippen molar-refractivity contribution >= 4 is 17.4 Å². The highest BCUT2D eigenvalue weighted by Gasteiger charge is 2.00. The van der Waals surface area contributed by atoms with Gasteiger partial charge in [-0.05, 0) is 12.1 Å². The zero-order valence-corrected chi connectivity index (χ0v) is 6.26. The summed E-state index contributed by atoms with van der Waals surface area (Å²) < 4.78 is 0. The van der Waals surface area contributed by atoms with Crippen molar-refractivity contribution in [2.75, 3.05) is 5.43 Å². The fraction of sp³-hybridized carbons (Fsp3) is 0. The molecule has 0 fully saturated rings. The molecule has 5 heteroatoms.